The first-order valence-corrected chi connectivity index (χ1v) is 11.0. The molecule has 0 saturated carbocycles. The number of likely N-dealkylation sites (N-methyl/N-ethyl adjacent to an activating group) is 1. The zero-order valence-electron chi connectivity index (χ0n) is 14.3. The number of sulfone groups is 1. The molecular weight excluding hydrogens is 354 g/mol. The summed E-state index contributed by atoms with van der Waals surface area (Å²) in [6.07, 6.45) is -0.0913. The number of hydrogen-bond acceptors (Lipinski definition) is 6. The van der Waals surface area contributed by atoms with Gasteiger partial charge in [0, 0.05) is 18.9 Å². The van der Waals surface area contributed by atoms with Crippen LogP contribution < -0.4 is 4.74 Å². The van der Waals surface area contributed by atoms with E-state index in [-0.39, 0.29) is 10.6 Å². The van der Waals surface area contributed by atoms with Crippen LogP contribution >= 0.6 is 0 Å². The molecule has 1 N–H and O–H groups in total. The van der Waals surface area contributed by atoms with E-state index in [1.165, 1.54) is 32.2 Å². The number of fused-ring (bicyclic) bond motifs is 1. The number of sulfonamides is 1. The van der Waals surface area contributed by atoms with E-state index in [1.54, 1.807) is 13.8 Å². The van der Waals surface area contributed by atoms with Gasteiger partial charge in [0.15, 0.2) is 9.84 Å². The Hall–Kier alpha value is -1.16. The number of hydrogen-bond donors (Lipinski definition) is 1. The second-order valence-electron chi connectivity index (χ2n) is 6.48. The van der Waals surface area contributed by atoms with Crippen LogP contribution in [0.4, 0.5) is 0 Å². The van der Waals surface area contributed by atoms with Crippen molar-refractivity contribution in [3.63, 3.8) is 0 Å². The molecule has 136 valence electrons. The molecule has 0 aromatic heterocycles. The average Bonchev–Trinajstić information content (AvgIpc) is 2.46. The fraction of sp³-hybridized carbons (Fsp3) is 0.600. The van der Waals surface area contributed by atoms with E-state index in [1.807, 2.05) is 0 Å². The monoisotopic (exact) mass is 377 g/mol. The van der Waals surface area contributed by atoms with Crippen molar-refractivity contribution in [2.75, 3.05) is 19.1 Å². The molecule has 0 fully saturated rings. The standard InChI is InChI=1S/C15H23NO6S2/c1-6-24(20,21)16(4)13-11-9-10(23(5,18)19)7-8-12(11)22-15(2,3)14(13)17/h7-9,13-14,17H,6H2,1-5H3. The van der Waals surface area contributed by atoms with Gasteiger partial charge in [0.2, 0.25) is 10.0 Å². The number of nitrogens with zero attached hydrogens (tertiary/aromatic N) is 1. The van der Waals surface area contributed by atoms with Crippen LogP contribution in [0.15, 0.2) is 23.1 Å². The molecule has 0 radical (unpaired) electrons. The van der Waals surface area contributed by atoms with Crippen LogP contribution in [-0.2, 0) is 19.9 Å². The Bertz CT molecular complexity index is 845. The number of ether oxygens (including phenoxy) is 1. The Morgan fingerprint density at radius 1 is 1.25 bits per heavy atom. The number of aliphatic hydroxyl groups is 1. The third-order valence-corrected chi connectivity index (χ3v) is 7.25. The van der Waals surface area contributed by atoms with Crippen molar-refractivity contribution < 1.29 is 26.7 Å². The van der Waals surface area contributed by atoms with Gasteiger partial charge in [-0.05, 0) is 39.0 Å². The second kappa shape index (κ2) is 5.98. The Morgan fingerprint density at radius 3 is 2.33 bits per heavy atom. The third kappa shape index (κ3) is 3.30. The van der Waals surface area contributed by atoms with E-state index in [0.29, 0.717) is 11.3 Å². The highest BCUT2D eigenvalue weighted by Crippen LogP contribution is 2.44. The predicted molar refractivity (Wildman–Crippen MR) is 90.2 cm³/mol. The molecule has 2 atom stereocenters. The van der Waals surface area contributed by atoms with E-state index < -0.39 is 37.6 Å². The maximum atomic E-state index is 12.3. The molecule has 1 aliphatic heterocycles. The van der Waals surface area contributed by atoms with Crippen molar-refractivity contribution in [1.29, 1.82) is 0 Å². The van der Waals surface area contributed by atoms with E-state index in [2.05, 4.69) is 0 Å². The van der Waals surface area contributed by atoms with Crippen LogP contribution in [0, 0.1) is 0 Å². The first-order chi connectivity index (χ1) is 10.8. The van der Waals surface area contributed by atoms with Gasteiger partial charge in [0.25, 0.3) is 0 Å². The van der Waals surface area contributed by atoms with E-state index >= 15 is 0 Å². The van der Waals surface area contributed by atoms with Crippen molar-refractivity contribution in [3.8, 4) is 5.75 Å². The molecule has 0 saturated heterocycles. The molecule has 1 aliphatic rings. The van der Waals surface area contributed by atoms with E-state index in [4.69, 9.17) is 4.74 Å². The molecular formula is C15H23NO6S2. The molecule has 0 bridgehead atoms. The minimum Gasteiger partial charge on any atom is -0.485 e. The smallest absolute Gasteiger partial charge is 0.214 e. The van der Waals surface area contributed by atoms with Gasteiger partial charge in [-0.25, -0.2) is 16.8 Å². The molecule has 0 spiro atoms. The molecule has 2 rings (SSSR count). The molecule has 9 heteroatoms. The van der Waals surface area contributed by atoms with Crippen LogP contribution in [0.5, 0.6) is 5.75 Å². The van der Waals surface area contributed by atoms with Gasteiger partial charge in [-0.15, -0.1) is 0 Å². The summed E-state index contributed by atoms with van der Waals surface area (Å²) in [6, 6.07) is 3.34. The van der Waals surface area contributed by atoms with Gasteiger partial charge in [0.05, 0.1) is 16.7 Å². The SMILES string of the molecule is CCS(=O)(=O)N(C)C1c2cc(S(C)(=O)=O)ccc2OC(C)(C)C1O. The maximum absolute atomic E-state index is 12.3. The highest BCUT2D eigenvalue weighted by molar-refractivity contribution is 7.90. The molecule has 2 unspecified atom stereocenters. The van der Waals surface area contributed by atoms with E-state index in [0.717, 1.165) is 10.6 Å². The quantitative estimate of drug-likeness (QED) is 0.838. The molecule has 1 aromatic rings. The fourth-order valence-corrected chi connectivity index (χ4v) is 4.39. The van der Waals surface area contributed by atoms with E-state index in [9.17, 15) is 21.9 Å². The first-order valence-electron chi connectivity index (χ1n) is 7.48. The van der Waals surface area contributed by atoms with Crippen molar-refractivity contribution in [2.24, 2.45) is 0 Å². The first kappa shape index (κ1) is 19.2. The number of benzene rings is 1. The van der Waals surface area contributed by atoms with Gasteiger partial charge in [-0.2, -0.15) is 4.31 Å². The second-order valence-corrected chi connectivity index (χ2v) is 10.8. The van der Waals surface area contributed by atoms with Gasteiger partial charge in [-0.3, -0.25) is 0 Å². The highest BCUT2D eigenvalue weighted by Gasteiger charge is 2.47. The Morgan fingerprint density at radius 2 is 1.83 bits per heavy atom. The van der Waals surface area contributed by atoms with Crippen molar-refractivity contribution in [3.05, 3.63) is 23.8 Å². The van der Waals surface area contributed by atoms with Gasteiger partial charge >= 0.3 is 0 Å². The summed E-state index contributed by atoms with van der Waals surface area (Å²) < 4.78 is 55.1. The summed E-state index contributed by atoms with van der Waals surface area (Å²) in [5.74, 6) is 0.232. The lowest BCUT2D eigenvalue weighted by molar-refractivity contribution is -0.0764. The largest absolute Gasteiger partial charge is 0.485 e. The summed E-state index contributed by atoms with van der Waals surface area (Å²) in [4.78, 5) is 0.0454. The molecule has 1 heterocycles. The summed E-state index contributed by atoms with van der Waals surface area (Å²) in [5.41, 5.74) is -0.689. The van der Waals surface area contributed by atoms with Crippen molar-refractivity contribution >= 4 is 19.9 Å². The molecule has 0 amide bonds. The predicted octanol–water partition coefficient (Wildman–Crippen LogP) is 0.945. The lowest BCUT2D eigenvalue weighted by Crippen LogP contribution is -2.54. The van der Waals surface area contributed by atoms with Crippen LogP contribution in [0.25, 0.3) is 0 Å². The Kier molecular flexibility index (Phi) is 4.77. The zero-order valence-corrected chi connectivity index (χ0v) is 16.0. The fourth-order valence-electron chi connectivity index (χ4n) is 2.75. The zero-order chi connectivity index (χ0) is 18.5. The Balaban J connectivity index is 2.70. The third-order valence-electron chi connectivity index (χ3n) is 4.31. The number of aliphatic hydroxyl groups excluding tert-OH is 1. The summed E-state index contributed by atoms with van der Waals surface area (Å²) in [6.45, 7) is 4.82. The lowest BCUT2D eigenvalue weighted by atomic mass is 9.86. The molecule has 1 aromatic carbocycles. The van der Waals surface area contributed by atoms with Gasteiger partial charge < -0.3 is 9.84 Å². The molecule has 24 heavy (non-hydrogen) atoms. The van der Waals surface area contributed by atoms with Gasteiger partial charge in [-0.1, -0.05) is 0 Å². The summed E-state index contributed by atoms with van der Waals surface area (Å²) >= 11 is 0. The molecule has 7 nitrogen and oxygen atoms in total. The van der Waals surface area contributed by atoms with Gasteiger partial charge in [0.1, 0.15) is 17.5 Å². The molecule has 0 aliphatic carbocycles. The minimum absolute atomic E-state index is 0.0454. The number of rotatable bonds is 4. The van der Waals surface area contributed by atoms with Crippen molar-refractivity contribution in [2.45, 2.75) is 43.4 Å². The minimum atomic E-state index is -3.60. The van der Waals surface area contributed by atoms with Crippen LogP contribution in [-0.4, -0.2) is 57.0 Å². The summed E-state index contributed by atoms with van der Waals surface area (Å²) in [5, 5.41) is 10.7. The maximum Gasteiger partial charge on any atom is 0.214 e. The van der Waals surface area contributed by atoms with Crippen LogP contribution in [0.2, 0.25) is 0 Å². The summed E-state index contributed by atoms with van der Waals surface area (Å²) in [7, 11) is -5.70. The topological polar surface area (TPSA) is 101 Å². The Labute approximate surface area is 143 Å². The van der Waals surface area contributed by atoms with Crippen LogP contribution in [0.3, 0.4) is 0 Å². The lowest BCUT2D eigenvalue weighted by Gasteiger charge is -2.44. The normalized spacial score (nSPS) is 23.6. The van der Waals surface area contributed by atoms with Crippen LogP contribution in [0.1, 0.15) is 32.4 Å². The van der Waals surface area contributed by atoms with Crippen molar-refractivity contribution in [1.82, 2.24) is 4.31 Å². The highest BCUT2D eigenvalue weighted by atomic mass is 32.2. The average molecular weight is 377 g/mol.